The number of hydrogen-bond acceptors (Lipinski definition) is 4. The Hall–Kier alpha value is -2.85. The van der Waals surface area contributed by atoms with Gasteiger partial charge in [-0.1, -0.05) is 43.0 Å². The molecule has 0 aliphatic rings. The predicted octanol–water partition coefficient (Wildman–Crippen LogP) is 5.61. The van der Waals surface area contributed by atoms with E-state index >= 15 is 0 Å². The smallest absolute Gasteiger partial charge is 0.0861 e. The predicted molar refractivity (Wildman–Crippen MR) is 112 cm³/mol. The highest BCUT2D eigenvalue weighted by Gasteiger charge is 2.12. The zero-order valence-electron chi connectivity index (χ0n) is 14.9. The summed E-state index contributed by atoms with van der Waals surface area (Å²) in [6, 6.07) is 21.7. The largest absolute Gasteiger partial charge is 0.354 e. The van der Waals surface area contributed by atoms with Crippen molar-refractivity contribution in [1.29, 1.82) is 5.41 Å². The van der Waals surface area contributed by atoms with Crippen LogP contribution in [0.3, 0.4) is 0 Å². The first-order valence-electron chi connectivity index (χ1n) is 8.31. The molecule has 3 rings (SSSR count). The highest BCUT2D eigenvalue weighted by atomic mass is 32.2. The summed E-state index contributed by atoms with van der Waals surface area (Å²) in [6.07, 6.45) is 2.04. The van der Waals surface area contributed by atoms with E-state index in [2.05, 4.69) is 22.9 Å². The van der Waals surface area contributed by atoms with Crippen LogP contribution in [-0.2, 0) is 0 Å². The topological polar surface area (TPSA) is 48.8 Å². The monoisotopic (exact) mass is 359 g/mol. The lowest BCUT2D eigenvalue weighted by Crippen LogP contribution is -2.08. The number of benzene rings is 2. The number of thioether (sulfide) groups is 1. The molecule has 1 aromatic heterocycles. The maximum Gasteiger partial charge on any atom is 0.0861 e. The first-order valence-corrected chi connectivity index (χ1v) is 9.53. The summed E-state index contributed by atoms with van der Waals surface area (Å²) in [5.41, 5.74) is 5.52. The lowest BCUT2D eigenvalue weighted by molar-refractivity contribution is 1.17. The fourth-order valence-corrected chi connectivity index (χ4v) is 3.11. The molecular formula is C22H21N3S. The van der Waals surface area contributed by atoms with Crippen molar-refractivity contribution in [3.8, 4) is 0 Å². The molecule has 0 radical (unpaired) electrons. The molecule has 0 saturated carbocycles. The highest BCUT2D eigenvalue weighted by molar-refractivity contribution is 7.98. The van der Waals surface area contributed by atoms with Crippen molar-refractivity contribution in [1.82, 2.24) is 4.98 Å². The second-order valence-electron chi connectivity index (χ2n) is 5.92. The van der Waals surface area contributed by atoms with E-state index in [1.165, 1.54) is 0 Å². The minimum Gasteiger partial charge on any atom is -0.354 e. The Morgan fingerprint density at radius 2 is 1.81 bits per heavy atom. The fraction of sp³-hybridized carbons (Fsp3) is 0.0909. The lowest BCUT2D eigenvalue weighted by Gasteiger charge is -2.16. The van der Waals surface area contributed by atoms with Crippen LogP contribution in [0, 0.1) is 12.3 Å². The molecule has 2 N–H and O–H groups in total. The molecule has 0 spiro atoms. The number of nitrogens with one attached hydrogen (secondary N) is 2. The molecule has 4 heteroatoms. The molecule has 0 amide bonds. The van der Waals surface area contributed by atoms with E-state index in [1.54, 1.807) is 11.8 Å². The van der Waals surface area contributed by atoms with Crippen LogP contribution in [0.4, 0.5) is 5.69 Å². The van der Waals surface area contributed by atoms with Gasteiger partial charge in [-0.15, -0.1) is 11.8 Å². The highest BCUT2D eigenvalue weighted by Crippen LogP contribution is 2.28. The van der Waals surface area contributed by atoms with E-state index in [-0.39, 0.29) is 0 Å². The molecule has 0 bridgehead atoms. The Labute approximate surface area is 158 Å². The Morgan fingerprint density at radius 3 is 2.50 bits per heavy atom. The Balaban J connectivity index is 1.97. The number of rotatable bonds is 6. The molecule has 0 aliphatic carbocycles. The third-order valence-electron chi connectivity index (χ3n) is 4.04. The van der Waals surface area contributed by atoms with Crippen LogP contribution in [0.1, 0.15) is 22.5 Å². The van der Waals surface area contributed by atoms with E-state index in [1.807, 2.05) is 73.8 Å². The summed E-state index contributed by atoms with van der Waals surface area (Å²) < 4.78 is 0. The first kappa shape index (κ1) is 18.0. The summed E-state index contributed by atoms with van der Waals surface area (Å²) in [6.45, 7) is 6.10. The van der Waals surface area contributed by atoms with Crippen LogP contribution in [0.5, 0.6) is 0 Å². The van der Waals surface area contributed by atoms with Gasteiger partial charge >= 0.3 is 0 Å². The minimum atomic E-state index is 0.478. The van der Waals surface area contributed by atoms with Crippen LogP contribution in [0.2, 0.25) is 0 Å². The van der Waals surface area contributed by atoms with Gasteiger partial charge in [0, 0.05) is 27.4 Å². The van der Waals surface area contributed by atoms with E-state index in [0.29, 0.717) is 11.4 Å². The molecule has 0 aliphatic heterocycles. The van der Waals surface area contributed by atoms with Gasteiger partial charge in [-0.25, -0.2) is 0 Å². The van der Waals surface area contributed by atoms with Gasteiger partial charge in [-0.2, -0.15) is 0 Å². The zero-order chi connectivity index (χ0) is 18.5. The fourth-order valence-electron chi connectivity index (χ4n) is 2.67. The summed E-state index contributed by atoms with van der Waals surface area (Å²) in [7, 11) is 0. The summed E-state index contributed by atoms with van der Waals surface area (Å²) in [5.74, 6) is 0. The molecule has 130 valence electrons. The Bertz CT molecular complexity index is 949. The SMILES string of the molecule is C=C(Nc1cc(SC)ccc1C(=N)c1ccccc1)c1cccc(C)n1. The number of aryl methyl sites for hydroxylation is 1. The van der Waals surface area contributed by atoms with Gasteiger partial charge in [-0.05, 0) is 43.5 Å². The van der Waals surface area contributed by atoms with Crippen molar-refractivity contribution in [2.24, 2.45) is 0 Å². The summed E-state index contributed by atoms with van der Waals surface area (Å²) in [5, 5.41) is 12.0. The van der Waals surface area contributed by atoms with Crippen molar-refractivity contribution in [3.63, 3.8) is 0 Å². The number of hydrogen-bond donors (Lipinski definition) is 2. The molecular weight excluding hydrogens is 338 g/mol. The maximum atomic E-state index is 8.63. The summed E-state index contributed by atoms with van der Waals surface area (Å²) >= 11 is 1.67. The standard InChI is InChI=1S/C22H21N3S/c1-15-8-7-11-20(24-15)16(2)25-21-14-18(26-3)12-13-19(21)22(23)17-9-5-4-6-10-17/h4-14,23,25H,2H2,1,3H3. The average molecular weight is 359 g/mol. The van der Waals surface area contributed by atoms with Gasteiger partial charge in [0.15, 0.2) is 0 Å². The molecule has 0 unspecified atom stereocenters. The van der Waals surface area contributed by atoms with Gasteiger partial charge in [0.25, 0.3) is 0 Å². The normalized spacial score (nSPS) is 10.4. The van der Waals surface area contributed by atoms with Gasteiger partial charge in [0.1, 0.15) is 0 Å². The number of anilines is 1. The number of nitrogens with zero attached hydrogens (tertiary/aromatic N) is 1. The van der Waals surface area contributed by atoms with Crippen LogP contribution in [0.15, 0.2) is 78.2 Å². The third kappa shape index (κ3) is 4.03. The summed E-state index contributed by atoms with van der Waals surface area (Å²) in [4.78, 5) is 5.65. The molecule has 0 fully saturated rings. The molecule has 0 saturated heterocycles. The second kappa shape index (κ2) is 8.02. The van der Waals surface area contributed by atoms with Crippen molar-refractivity contribution < 1.29 is 0 Å². The molecule has 2 aromatic carbocycles. The minimum absolute atomic E-state index is 0.478. The molecule has 1 heterocycles. The van der Waals surface area contributed by atoms with Crippen molar-refractivity contribution in [3.05, 3.63) is 95.8 Å². The Morgan fingerprint density at radius 1 is 1.04 bits per heavy atom. The van der Waals surface area contributed by atoms with E-state index < -0.39 is 0 Å². The van der Waals surface area contributed by atoms with Gasteiger partial charge in [0.2, 0.25) is 0 Å². The molecule has 3 nitrogen and oxygen atoms in total. The van der Waals surface area contributed by atoms with Crippen LogP contribution in [0.25, 0.3) is 5.70 Å². The third-order valence-corrected chi connectivity index (χ3v) is 4.77. The Kier molecular flexibility index (Phi) is 5.54. The van der Waals surface area contributed by atoms with Crippen LogP contribution >= 0.6 is 11.8 Å². The van der Waals surface area contributed by atoms with E-state index in [9.17, 15) is 0 Å². The average Bonchev–Trinajstić information content (AvgIpc) is 2.68. The van der Waals surface area contributed by atoms with Gasteiger partial charge in [-0.3, -0.25) is 10.4 Å². The first-order chi connectivity index (χ1) is 12.6. The van der Waals surface area contributed by atoms with Gasteiger partial charge in [0.05, 0.1) is 17.1 Å². The van der Waals surface area contributed by atoms with Crippen molar-refractivity contribution in [2.75, 3.05) is 11.6 Å². The maximum absolute atomic E-state index is 8.63. The number of aromatic nitrogens is 1. The molecule has 0 atom stereocenters. The lowest BCUT2D eigenvalue weighted by atomic mass is 10.0. The van der Waals surface area contributed by atoms with Gasteiger partial charge < -0.3 is 5.32 Å². The zero-order valence-corrected chi connectivity index (χ0v) is 15.7. The van der Waals surface area contributed by atoms with Crippen LogP contribution in [-0.4, -0.2) is 17.0 Å². The van der Waals surface area contributed by atoms with E-state index in [4.69, 9.17) is 5.41 Å². The quantitative estimate of drug-likeness (QED) is 0.444. The van der Waals surface area contributed by atoms with Crippen molar-refractivity contribution >= 4 is 28.9 Å². The second-order valence-corrected chi connectivity index (χ2v) is 6.80. The number of pyridine rings is 1. The van der Waals surface area contributed by atoms with Crippen molar-refractivity contribution in [2.45, 2.75) is 11.8 Å². The molecule has 26 heavy (non-hydrogen) atoms. The van der Waals surface area contributed by atoms with E-state index in [0.717, 1.165) is 33.1 Å². The molecule has 3 aromatic rings. The van der Waals surface area contributed by atoms with Crippen LogP contribution < -0.4 is 5.32 Å².